The zero-order chi connectivity index (χ0) is 31.7. The molecule has 2 aromatic heterocycles. The maximum atomic E-state index is 12.2. The lowest BCUT2D eigenvalue weighted by Crippen LogP contribution is -2.44. The maximum Gasteiger partial charge on any atom is 0.335 e. The molecule has 4 rings (SSSR count). The van der Waals surface area contributed by atoms with Crippen LogP contribution in [-0.4, -0.2) is 72.1 Å². The standard InChI is InChI=1S/C34H50N6O4/c1-23-19-36-31(18-28(23)29-8-7-9-30(40-29)37-22-34(21-35)14-16-42-17-15-34)39-27-12-10-26(11-13-27)38-24(2)20-43-25(3)32(41)44-33(4,5)6/h7-9,18-19,24-27,38H,10-17,20,22H2,1-6H3,(H,36,39)(H,37,40)/t24-,25-,26?,27?/m0/s1. The average Bonchev–Trinajstić information content (AvgIpc) is 3.00. The van der Waals surface area contributed by atoms with Crippen LogP contribution in [0.1, 0.15) is 78.7 Å². The molecule has 3 N–H and O–H groups in total. The maximum absolute atomic E-state index is 12.2. The molecule has 240 valence electrons. The second-order valence-corrected chi connectivity index (χ2v) is 13.4. The number of hydrogen-bond donors (Lipinski definition) is 3. The summed E-state index contributed by atoms with van der Waals surface area (Å²) in [5.41, 5.74) is 2.04. The van der Waals surface area contributed by atoms with E-state index in [-0.39, 0.29) is 12.0 Å². The van der Waals surface area contributed by atoms with Crippen LogP contribution in [0, 0.1) is 23.7 Å². The van der Waals surface area contributed by atoms with E-state index in [4.69, 9.17) is 19.2 Å². The molecule has 0 bridgehead atoms. The number of ether oxygens (including phenoxy) is 3. The van der Waals surface area contributed by atoms with Crippen molar-refractivity contribution < 1.29 is 19.0 Å². The molecule has 44 heavy (non-hydrogen) atoms. The minimum atomic E-state index is -0.591. The third kappa shape index (κ3) is 9.88. The van der Waals surface area contributed by atoms with Crippen LogP contribution in [0.2, 0.25) is 0 Å². The first-order valence-corrected chi connectivity index (χ1v) is 16.0. The number of esters is 1. The summed E-state index contributed by atoms with van der Waals surface area (Å²) in [6, 6.07) is 11.4. The molecule has 10 nitrogen and oxygen atoms in total. The van der Waals surface area contributed by atoms with Crippen molar-refractivity contribution in [3.8, 4) is 17.3 Å². The second-order valence-electron chi connectivity index (χ2n) is 13.4. The van der Waals surface area contributed by atoms with E-state index in [0.717, 1.165) is 67.0 Å². The van der Waals surface area contributed by atoms with Gasteiger partial charge in [0.1, 0.15) is 17.2 Å². The number of pyridine rings is 2. The molecule has 3 heterocycles. The molecule has 0 unspecified atom stereocenters. The Kier molecular flexibility index (Phi) is 11.6. The SMILES string of the molecule is Cc1cnc(NC2CCC(N[C@@H](C)CO[C@@H](C)C(=O)OC(C)(C)C)CC2)cc1-c1cccc(NCC2(C#N)CCOCC2)n1. The molecule has 1 aliphatic carbocycles. The van der Waals surface area contributed by atoms with E-state index in [1.54, 1.807) is 6.92 Å². The summed E-state index contributed by atoms with van der Waals surface area (Å²) >= 11 is 0. The van der Waals surface area contributed by atoms with Crippen LogP contribution in [0.25, 0.3) is 11.3 Å². The average molecular weight is 607 g/mol. The Morgan fingerprint density at radius 3 is 2.52 bits per heavy atom. The summed E-state index contributed by atoms with van der Waals surface area (Å²) in [6.45, 7) is 13.7. The summed E-state index contributed by atoms with van der Waals surface area (Å²) in [5.74, 6) is 1.29. The van der Waals surface area contributed by atoms with Gasteiger partial charge in [0.2, 0.25) is 0 Å². The largest absolute Gasteiger partial charge is 0.458 e. The lowest BCUT2D eigenvalue weighted by atomic mass is 9.82. The Hall–Kier alpha value is -3.26. The molecule has 2 fully saturated rings. The minimum absolute atomic E-state index is 0.135. The Morgan fingerprint density at radius 2 is 1.84 bits per heavy atom. The van der Waals surface area contributed by atoms with Crippen molar-refractivity contribution in [3.05, 3.63) is 36.0 Å². The highest BCUT2D eigenvalue weighted by molar-refractivity contribution is 5.74. The van der Waals surface area contributed by atoms with Gasteiger partial charge < -0.3 is 30.2 Å². The van der Waals surface area contributed by atoms with Gasteiger partial charge in [0.25, 0.3) is 0 Å². The molecular weight excluding hydrogens is 556 g/mol. The van der Waals surface area contributed by atoms with Gasteiger partial charge in [-0.05, 0) is 104 Å². The first-order chi connectivity index (χ1) is 20.9. The fraction of sp³-hybridized carbons (Fsp3) is 0.647. The van der Waals surface area contributed by atoms with Gasteiger partial charge in [-0.2, -0.15) is 5.26 Å². The number of carbonyl (C=O) groups is 1. The third-order valence-electron chi connectivity index (χ3n) is 8.36. The molecule has 10 heteroatoms. The molecule has 0 spiro atoms. The van der Waals surface area contributed by atoms with E-state index in [2.05, 4.69) is 46.9 Å². The van der Waals surface area contributed by atoms with Gasteiger partial charge in [-0.15, -0.1) is 0 Å². The van der Waals surface area contributed by atoms with Crippen molar-refractivity contribution in [2.75, 3.05) is 37.0 Å². The van der Waals surface area contributed by atoms with Crippen LogP contribution in [0.4, 0.5) is 11.6 Å². The molecule has 2 aromatic rings. The summed E-state index contributed by atoms with van der Waals surface area (Å²) in [4.78, 5) is 21.7. The highest BCUT2D eigenvalue weighted by atomic mass is 16.6. The number of rotatable bonds is 12. The number of aromatic nitrogens is 2. The molecule has 2 aliphatic rings. The molecule has 0 radical (unpaired) electrons. The predicted octanol–water partition coefficient (Wildman–Crippen LogP) is 5.63. The smallest absolute Gasteiger partial charge is 0.335 e. The number of aryl methyl sites for hydroxylation is 1. The van der Waals surface area contributed by atoms with Crippen LogP contribution >= 0.6 is 0 Å². The number of nitrogens with one attached hydrogen (secondary N) is 3. The zero-order valence-electron chi connectivity index (χ0n) is 27.2. The molecular formula is C34H50N6O4. The fourth-order valence-electron chi connectivity index (χ4n) is 5.72. The second kappa shape index (κ2) is 15.2. The van der Waals surface area contributed by atoms with E-state index in [0.29, 0.717) is 38.4 Å². The summed E-state index contributed by atoms with van der Waals surface area (Å²) in [5, 5.41) is 20.5. The lowest BCUT2D eigenvalue weighted by molar-refractivity contribution is -0.167. The number of hydrogen-bond acceptors (Lipinski definition) is 10. The van der Waals surface area contributed by atoms with E-state index in [9.17, 15) is 10.1 Å². The van der Waals surface area contributed by atoms with Crippen LogP contribution < -0.4 is 16.0 Å². The summed E-state index contributed by atoms with van der Waals surface area (Å²) in [6.07, 6.45) is 6.94. The summed E-state index contributed by atoms with van der Waals surface area (Å²) < 4.78 is 16.7. The summed E-state index contributed by atoms with van der Waals surface area (Å²) in [7, 11) is 0. The first kappa shape index (κ1) is 33.6. The molecule has 1 aliphatic heterocycles. The molecule has 2 atom stereocenters. The van der Waals surface area contributed by atoms with E-state index >= 15 is 0 Å². The minimum Gasteiger partial charge on any atom is -0.458 e. The Balaban J connectivity index is 1.26. The number of carbonyl (C=O) groups excluding carboxylic acids is 1. The van der Waals surface area contributed by atoms with Crippen molar-refractivity contribution in [1.29, 1.82) is 5.26 Å². The van der Waals surface area contributed by atoms with Gasteiger partial charge in [0.15, 0.2) is 6.10 Å². The third-order valence-corrected chi connectivity index (χ3v) is 8.36. The Morgan fingerprint density at radius 1 is 1.14 bits per heavy atom. The van der Waals surface area contributed by atoms with Gasteiger partial charge >= 0.3 is 5.97 Å². The van der Waals surface area contributed by atoms with E-state index in [1.165, 1.54) is 0 Å². The zero-order valence-corrected chi connectivity index (χ0v) is 27.2. The van der Waals surface area contributed by atoms with Gasteiger partial charge in [-0.25, -0.2) is 14.8 Å². The van der Waals surface area contributed by atoms with E-state index in [1.807, 2.05) is 45.2 Å². The molecule has 1 saturated carbocycles. The van der Waals surface area contributed by atoms with Crippen molar-refractivity contribution >= 4 is 17.6 Å². The molecule has 1 saturated heterocycles. The van der Waals surface area contributed by atoms with Crippen molar-refractivity contribution in [2.45, 2.75) is 110 Å². The van der Waals surface area contributed by atoms with E-state index < -0.39 is 17.1 Å². The normalized spacial score (nSPS) is 21.5. The first-order valence-electron chi connectivity index (χ1n) is 16.0. The number of nitriles is 1. The van der Waals surface area contributed by atoms with Gasteiger partial charge in [0.05, 0.1) is 23.8 Å². The van der Waals surface area contributed by atoms with Gasteiger partial charge in [-0.1, -0.05) is 6.07 Å². The molecule has 0 amide bonds. The predicted molar refractivity (Wildman–Crippen MR) is 172 cm³/mol. The topological polar surface area (TPSA) is 130 Å². The van der Waals surface area contributed by atoms with Crippen LogP contribution in [0.5, 0.6) is 0 Å². The quantitative estimate of drug-likeness (QED) is 0.261. The Bertz CT molecular complexity index is 1280. The van der Waals surface area contributed by atoms with Gasteiger partial charge in [-0.3, -0.25) is 0 Å². The highest BCUT2D eigenvalue weighted by Gasteiger charge is 2.32. The van der Waals surface area contributed by atoms with Crippen molar-refractivity contribution in [1.82, 2.24) is 15.3 Å². The van der Waals surface area contributed by atoms with Gasteiger partial charge in [0, 0.05) is 49.6 Å². The van der Waals surface area contributed by atoms with Crippen molar-refractivity contribution in [3.63, 3.8) is 0 Å². The van der Waals surface area contributed by atoms with Crippen LogP contribution in [-0.2, 0) is 19.0 Å². The van der Waals surface area contributed by atoms with Crippen molar-refractivity contribution in [2.24, 2.45) is 5.41 Å². The van der Waals surface area contributed by atoms with Crippen LogP contribution in [0.3, 0.4) is 0 Å². The molecule has 0 aromatic carbocycles. The van der Waals surface area contributed by atoms with Crippen LogP contribution in [0.15, 0.2) is 30.5 Å². The fourth-order valence-corrected chi connectivity index (χ4v) is 5.72. The number of nitrogens with zero attached hydrogens (tertiary/aromatic N) is 3. The highest BCUT2D eigenvalue weighted by Crippen LogP contribution is 2.31. The lowest BCUT2D eigenvalue weighted by Gasteiger charge is -2.32. The Labute approximate surface area is 262 Å². The monoisotopic (exact) mass is 606 g/mol. The number of anilines is 2.